The van der Waals surface area contributed by atoms with Crippen molar-refractivity contribution in [2.45, 2.75) is 19.3 Å². The maximum Gasteiger partial charge on any atom is 0.227 e. The van der Waals surface area contributed by atoms with Crippen molar-refractivity contribution in [1.82, 2.24) is 25.0 Å². The van der Waals surface area contributed by atoms with Crippen LogP contribution in [0.2, 0.25) is 0 Å². The molecule has 0 spiro atoms. The van der Waals surface area contributed by atoms with Crippen molar-refractivity contribution >= 4 is 17.3 Å². The molecule has 30 heavy (non-hydrogen) atoms. The van der Waals surface area contributed by atoms with E-state index in [9.17, 15) is 0 Å². The number of hydrogen-bond acceptors (Lipinski definition) is 6. The van der Waals surface area contributed by atoms with Crippen molar-refractivity contribution in [3.05, 3.63) is 73.2 Å². The van der Waals surface area contributed by atoms with Gasteiger partial charge < -0.3 is 10.2 Å². The van der Waals surface area contributed by atoms with Crippen LogP contribution in [-0.2, 0) is 0 Å². The molecule has 0 unspecified atom stereocenters. The van der Waals surface area contributed by atoms with Crippen molar-refractivity contribution < 1.29 is 0 Å². The predicted octanol–water partition coefficient (Wildman–Crippen LogP) is 4.46. The quantitative estimate of drug-likeness (QED) is 0.536. The number of anilines is 3. The van der Waals surface area contributed by atoms with Crippen LogP contribution >= 0.6 is 0 Å². The summed E-state index contributed by atoms with van der Waals surface area (Å²) in [5, 5.41) is 11.1. The molecule has 0 amide bonds. The second kappa shape index (κ2) is 8.32. The minimum absolute atomic E-state index is 0.574. The third-order valence-electron chi connectivity index (χ3n) is 5.33. The summed E-state index contributed by atoms with van der Waals surface area (Å²) in [5.41, 5.74) is 5.14. The van der Waals surface area contributed by atoms with Gasteiger partial charge in [-0.2, -0.15) is 0 Å². The van der Waals surface area contributed by atoms with E-state index in [1.165, 1.54) is 24.9 Å². The lowest BCUT2D eigenvalue weighted by Crippen LogP contribution is -2.29. The van der Waals surface area contributed by atoms with Crippen LogP contribution in [-0.4, -0.2) is 38.1 Å². The van der Waals surface area contributed by atoms with Crippen LogP contribution in [0.5, 0.6) is 0 Å². The monoisotopic (exact) mass is 397 g/mol. The zero-order valence-electron chi connectivity index (χ0n) is 16.6. The molecule has 4 aromatic rings. The maximum absolute atomic E-state index is 4.73. The molecule has 1 N–H and O–H groups in total. The van der Waals surface area contributed by atoms with E-state index < -0.39 is 0 Å². The van der Waals surface area contributed by atoms with E-state index in [1.807, 2.05) is 36.5 Å². The molecule has 7 nitrogen and oxygen atoms in total. The third-order valence-corrected chi connectivity index (χ3v) is 5.33. The molecule has 2 aromatic carbocycles. The second-order valence-electron chi connectivity index (χ2n) is 7.38. The highest BCUT2D eigenvalue weighted by Crippen LogP contribution is 2.26. The summed E-state index contributed by atoms with van der Waals surface area (Å²) in [6.07, 6.45) is 9.13. The summed E-state index contributed by atoms with van der Waals surface area (Å²) in [6.45, 7) is 2.26. The maximum atomic E-state index is 4.73. The van der Waals surface area contributed by atoms with E-state index in [0.29, 0.717) is 5.95 Å². The Morgan fingerprint density at radius 1 is 0.833 bits per heavy atom. The van der Waals surface area contributed by atoms with Gasteiger partial charge >= 0.3 is 0 Å². The molecule has 1 saturated heterocycles. The SMILES string of the molecule is c1cc(-c2ccnc(Nc3ccc(-n4ccnn4)cc3)n2)cc(N2CCCCC2)c1. The number of piperidine rings is 1. The van der Waals surface area contributed by atoms with E-state index in [1.54, 1.807) is 17.1 Å². The van der Waals surface area contributed by atoms with Crippen LogP contribution in [0.1, 0.15) is 19.3 Å². The molecule has 0 atom stereocenters. The van der Waals surface area contributed by atoms with Gasteiger partial charge in [0, 0.05) is 36.2 Å². The van der Waals surface area contributed by atoms with E-state index >= 15 is 0 Å². The van der Waals surface area contributed by atoms with E-state index in [-0.39, 0.29) is 0 Å². The molecular formula is C23H23N7. The Hall–Kier alpha value is -3.74. The average molecular weight is 397 g/mol. The molecule has 3 heterocycles. The summed E-state index contributed by atoms with van der Waals surface area (Å²) in [6, 6.07) is 18.5. The van der Waals surface area contributed by atoms with Gasteiger partial charge in [0.25, 0.3) is 0 Å². The molecule has 0 bridgehead atoms. The first-order chi connectivity index (χ1) is 14.8. The minimum atomic E-state index is 0.574. The molecule has 2 aromatic heterocycles. The topological polar surface area (TPSA) is 71.8 Å². The lowest BCUT2D eigenvalue weighted by Gasteiger charge is -2.29. The van der Waals surface area contributed by atoms with Crippen LogP contribution in [0.3, 0.4) is 0 Å². The fourth-order valence-corrected chi connectivity index (χ4v) is 3.77. The Kier molecular flexibility index (Phi) is 5.08. The molecule has 0 radical (unpaired) electrons. The van der Waals surface area contributed by atoms with Gasteiger partial charge in [0.15, 0.2) is 0 Å². The second-order valence-corrected chi connectivity index (χ2v) is 7.38. The highest BCUT2D eigenvalue weighted by molar-refractivity contribution is 5.67. The summed E-state index contributed by atoms with van der Waals surface area (Å²) in [7, 11) is 0. The van der Waals surface area contributed by atoms with Crippen molar-refractivity contribution in [1.29, 1.82) is 0 Å². The van der Waals surface area contributed by atoms with Gasteiger partial charge in [-0.1, -0.05) is 17.3 Å². The highest BCUT2D eigenvalue weighted by Gasteiger charge is 2.12. The highest BCUT2D eigenvalue weighted by atomic mass is 15.4. The van der Waals surface area contributed by atoms with Crippen molar-refractivity contribution in [2.75, 3.05) is 23.3 Å². The van der Waals surface area contributed by atoms with Crippen LogP contribution in [0.4, 0.5) is 17.3 Å². The largest absolute Gasteiger partial charge is 0.372 e. The fourth-order valence-electron chi connectivity index (χ4n) is 3.77. The predicted molar refractivity (Wildman–Crippen MR) is 118 cm³/mol. The lowest BCUT2D eigenvalue weighted by molar-refractivity contribution is 0.578. The average Bonchev–Trinajstić information content (AvgIpc) is 3.36. The third kappa shape index (κ3) is 4.00. The Morgan fingerprint density at radius 3 is 2.50 bits per heavy atom. The first-order valence-corrected chi connectivity index (χ1v) is 10.3. The molecule has 1 aliphatic heterocycles. The summed E-state index contributed by atoms with van der Waals surface area (Å²) >= 11 is 0. The number of nitrogens with zero attached hydrogens (tertiary/aromatic N) is 6. The summed E-state index contributed by atoms with van der Waals surface area (Å²) < 4.78 is 1.72. The van der Waals surface area contributed by atoms with Gasteiger partial charge in [-0.25, -0.2) is 14.6 Å². The van der Waals surface area contributed by atoms with Gasteiger partial charge in [0.05, 0.1) is 23.8 Å². The van der Waals surface area contributed by atoms with Gasteiger partial charge in [-0.15, -0.1) is 5.10 Å². The Labute approximate surface area is 175 Å². The van der Waals surface area contributed by atoms with Gasteiger partial charge in [0.1, 0.15) is 0 Å². The van der Waals surface area contributed by atoms with Crippen molar-refractivity contribution in [3.63, 3.8) is 0 Å². The summed E-state index contributed by atoms with van der Waals surface area (Å²) in [5.74, 6) is 0.574. The molecule has 7 heteroatoms. The Morgan fingerprint density at radius 2 is 1.70 bits per heavy atom. The molecule has 1 aliphatic rings. The van der Waals surface area contributed by atoms with Gasteiger partial charge in [-0.05, 0) is 61.7 Å². The standard InChI is InChI=1S/C23H23N7/c1-2-14-29(15-3-1)21-6-4-5-18(17-21)22-11-12-24-23(27-22)26-19-7-9-20(10-8-19)30-16-13-25-28-30/h4-13,16-17H,1-3,14-15H2,(H,24,26,27). The van der Waals surface area contributed by atoms with E-state index in [4.69, 9.17) is 4.98 Å². The number of nitrogens with one attached hydrogen (secondary N) is 1. The summed E-state index contributed by atoms with van der Waals surface area (Å²) in [4.78, 5) is 11.6. The van der Waals surface area contributed by atoms with E-state index in [2.05, 4.69) is 49.8 Å². The Balaban J connectivity index is 1.34. The smallest absolute Gasteiger partial charge is 0.227 e. The number of rotatable bonds is 5. The molecule has 150 valence electrons. The first-order valence-electron chi connectivity index (χ1n) is 10.3. The van der Waals surface area contributed by atoms with Gasteiger partial charge in [0.2, 0.25) is 5.95 Å². The van der Waals surface area contributed by atoms with E-state index in [0.717, 1.165) is 35.7 Å². The molecule has 0 saturated carbocycles. The zero-order valence-corrected chi connectivity index (χ0v) is 16.6. The molecule has 0 aliphatic carbocycles. The zero-order chi connectivity index (χ0) is 20.2. The van der Waals surface area contributed by atoms with Crippen molar-refractivity contribution in [3.8, 4) is 16.9 Å². The first kappa shape index (κ1) is 18.3. The minimum Gasteiger partial charge on any atom is -0.372 e. The number of aromatic nitrogens is 5. The Bertz CT molecular complexity index is 1100. The van der Waals surface area contributed by atoms with Crippen LogP contribution < -0.4 is 10.2 Å². The number of hydrogen-bond donors (Lipinski definition) is 1. The fraction of sp³-hybridized carbons (Fsp3) is 0.217. The molecule has 1 fully saturated rings. The normalized spacial score (nSPS) is 13.9. The number of benzene rings is 2. The van der Waals surface area contributed by atoms with Crippen LogP contribution in [0.15, 0.2) is 73.2 Å². The molecule has 5 rings (SSSR count). The van der Waals surface area contributed by atoms with Crippen molar-refractivity contribution in [2.24, 2.45) is 0 Å². The molecular weight excluding hydrogens is 374 g/mol. The van der Waals surface area contributed by atoms with Gasteiger partial charge in [-0.3, -0.25) is 0 Å². The van der Waals surface area contributed by atoms with Crippen LogP contribution in [0, 0.1) is 0 Å². The lowest BCUT2D eigenvalue weighted by atomic mass is 10.1. The van der Waals surface area contributed by atoms with Crippen LogP contribution in [0.25, 0.3) is 16.9 Å².